The Balaban J connectivity index is 1.45. The molecular formula is C31H44O7S. The van der Waals surface area contributed by atoms with Crippen LogP contribution in [0.1, 0.15) is 84.6 Å². The fraction of sp³-hybridized carbons (Fsp3) is 0.742. The Bertz CT molecular complexity index is 1190. The molecule has 1 aromatic carbocycles. The van der Waals surface area contributed by atoms with Gasteiger partial charge in [-0.15, -0.1) is 0 Å². The molecule has 4 aliphatic carbocycles. The van der Waals surface area contributed by atoms with Gasteiger partial charge in [0.1, 0.15) is 11.9 Å². The van der Waals surface area contributed by atoms with Gasteiger partial charge in [-0.3, -0.25) is 8.98 Å². The van der Waals surface area contributed by atoms with Crippen molar-refractivity contribution >= 4 is 22.1 Å². The van der Waals surface area contributed by atoms with Gasteiger partial charge in [0, 0.05) is 11.3 Å². The van der Waals surface area contributed by atoms with E-state index in [9.17, 15) is 18.0 Å². The van der Waals surface area contributed by atoms with Gasteiger partial charge in [-0.1, -0.05) is 31.5 Å². The molecule has 0 aromatic heterocycles. The summed E-state index contributed by atoms with van der Waals surface area (Å²) in [7, 11) is -4.00. The van der Waals surface area contributed by atoms with Crippen molar-refractivity contribution in [2.24, 2.45) is 40.4 Å². The Morgan fingerprint density at radius 3 is 2.36 bits per heavy atom. The van der Waals surface area contributed by atoms with Crippen LogP contribution in [-0.4, -0.2) is 39.2 Å². The lowest BCUT2D eigenvalue weighted by atomic mass is 9.44. The number of fused-ring (bicyclic) bond motifs is 5. The molecule has 0 spiro atoms. The van der Waals surface area contributed by atoms with Gasteiger partial charge in [0.05, 0.1) is 17.6 Å². The van der Waals surface area contributed by atoms with Crippen LogP contribution in [0.15, 0.2) is 29.2 Å². The third-order valence-electron chi connectivity index (χ3n) is 11.3. The second kappa shape index (κ2) is 10.5. The molecule has 216 valence electrons. The number of ether oxygens (including phenoxy) is 2. The normalized spacial score (nSPS) is 39.7. The largest absolute Gasteiger partial charge is 0.508 e. The number of Topliss-reactive ketones (excluding diaryl/α,β-unsaturated/α-hetero) is 1. The lowest BCUT2D eigenvalue weighted by molar-refractivity contribution is -0.168. The summed E-state index contributed by atoms with van der Waals surface area (Å²) in [4.78, 5) is 25.0. The van der Waals surface area contributed by atoms with E-state index in [0.717, 1.165) is 50.5 Å². The zero-order valence-corrected chi connectivity index (χ0v) is 24.8. The highest BCUT2D eigenvalue weighted by Crippen LogP contribution is 2.68. The molecule has 8 heteroatoms. The first-order valence-electron chi connectivity index (χ1n) is 14.7. The predicted octanol–water partition coefficient (Wildman–Crippen LogP) is 6.47. The average Bonchev–Trinajstić information content (AvgIpc) is 3.24. The van der Waals surface area contributed by atoms with E-state index in [1.54, 1.807) is 38.1 Å². The molecule has 0 bridgehead atoms. The number of carbonyl (C=O) groups excluding carboxylic acids is 2. The molecule has 9 atom stereocenters. The van der Waals surface area contributed by atoms with Crippen LogP contribution >= 0.6 is 0 Å². The molecule has 0 amide bonds. The predicted molar refractivity (Wildman–Crippen MR) is 146 cm³/mol. The fourth-order valence-electron chi connectivity index (χ4n) is 9.27. The van der Waals surface area contributed by atoms with Crippen molar-refractivity contribution in [1.29, 1.82) is 0 Å². The maximum Gasteiger partial charge on any atom is 0.508 e. The maximum atomic E-state index is 13.6. The van der Waals surface area contributed by atoms with E-state index >= 15 is 0 Å². The van der Waals surface area contributed by atoms with Crippen molar-refractivity contribution < 1.29 is 31.7 Å². The minimum atomic E-state index is -4.00. The Hall–Kier alpha value is -1.93. The summed E-state index contributed by atoms with van der Waals surface area (Å²) in [6.45, 7) is 10.1. The number of carbonyl (C=O) groups is 2. The first-order valence-corrected chi connectivity index (χ1v) is 16.1. The molecule has 5 rings (SSSR count). The number of rotatable bonds is 6. The number of hydrogen-bond acceptors (Lipinski definition) is 7. The minimum Gasteiger partial charge on any atom is -0.435 e. The molecule has 0 N–H and O–H groups in total. The molecule has 0 heterocycles. The molecule has 4 saturated carbocycles. The zero-order valence-electron chi connectivity index (χ0n) is 24.0. The molecule has 0 saturated heterocycles. The fourth-order valence-corrected chi connectivity index (χ4v) is 10.4. The van der Waals surface area contributed by atoms with Gasteiger partial charge >= 0.3 is 6.16 Å². The summed E-state index contributed by atoms with van der Waals surface area (Å²) in [5.74, 6) is 1.30. The molecule has 4 fully saturated rings. The molecular weight excluding hydrogens is 516 g/mol. The van der Waals surface area contributed by atoms with E-state index in [4.69, 9.17) is 13.7 Å². The van der Waals surface area contributed by atoms with Crippen LogP contribution in [-0.2, 0) is 28.6 Å². The van der Waals surface area contributed by atoms with Gasteiger partial charge in [-0.05, 0) is 113 Å². The third-order valence-corrected chi connectivity index (χ3v) is 12.6. The van der Waals surface area contributed by atoms with E-state index in [1.165, 1.54) is 0 Å². The lowest BCUT2D eigenvalue weighted by Crippen LogP contribution is -2.59. The van der Waals surface area contributed by atoms with Crippen molar-refractivity contribution in [1.82, 2.24) is 0 Å². The van der Waals surface area contributed by atoms with E-state index in [1.807, 2.05) is 6.92 Å². The highest BCUT2D eigenvalue weighted by Gasteiger charge is 2.65. The summed E-state index contributed by atoms with van der Waals surface area (Å²) < 4.78 is 44.0. The highest BCUT2D eigenvalue weighted by molar-refractivity contribution is 7.86. The summed E-state index contributed by atoms with van der Waals surface area (Å²) >= 11 is 0. The molecule has 0 unspecified atom stereocenters. The minimum absolute atomic E-state index is 0.00229. The number of hydrogen-bond donors (Lipinski definition) is 0. The van der Waals surface area contributed by atoms with Gasteiger partial charge in [0.2, 0.25) is 0 Å². The maximum absolute atomic E-state index is 13.6. The Labute approximate surface area is 233 Å². The standard InChI is InChI=1S/C31H44O7S/c1-6-36-29(33)37-22-15-16-30(4)21(17-22)9-12-24-26-14-13-25(20(3)32)31(26,5)28(18-27(24)30)38-39(34,35)23-10-7-19(2)8-11-23/h7-8,10-11,21-22,24-28H,6,9,12-18H2,1-5H3/t21-,22-,24+,25-,26+,27+,28+,30+,31-/m1/s1. The summed E-state index contributed by atoms with van der Waals surface area (Å²) in [6, 6.07) is 6.79. The van der Waals surface area contributed by atoms with Crippen LogP contribution in [0.5, 0.6) is 0 Å². The number of benzene rings is 1. The molecule has 1 aromatic rings. The second-order valence-electron chi connectivity index (χ2n) is 13.0. The number of aryl methyl sites for hydroxylation is 1. The van der Waals surface area contributed by atoms with Gasteiger partial charge in [0.15, 0.2) is 0 Å². The van der Waals surface area contributed by atoms with Gasteiger partial charge in [-0.25, -0.2) is 4.79 Å². The van der Waals surface area contributed by atoms with Crippen LogP contribution in [0.3, 0.4) is 0 Å². The van der Waals surface area contributed by atoms with E-state index in [-0.39, 0.29) is 34.0 Å². The van der Waals surface area contributed by atoms with Crippen LogP contribution < -0.4 is 0 Å². The SMILES string of the molecule is CCOC(=O)O[C@@H]1CC[C@@]2(C)[C@H](CC[C@@H]3[C@@H]2C[C@H](OS(=O)(=O)c2ccc(C)cc2)[C@]2(C)[C@@H](C(C)=O)CC[C@@H]32)C1. The average molecular weight is 561 g/mol. The lowest BCUT2D eigenvalue weighted by Gasteiger charge is -2.62. The molecule has 0 radical (unpaired) electrons. The topological polar surface area (TPSA) is 96.0 Å². The smallest absolute Gasteiger partial charge is 0.435 e. The van der Waals surface area contributed by atoms with Crippen LogP contribution in [0.4, 0.5) is 4.79 Å². The van der Waals surface area contributed by atoms with E-state index in [0.29, 0.717) is 30.8 Å². The summed E-state index contributed by atoms with van der Waals surface area (Å²) in [5.41, 5.74) is 0.471. The van der Waals surface area contributed by atoms with Crippen molar-refractivity contribution in [3.8, 4) is 0 Å². The van der Waals surface area contributed by atoms with Crippen molar-refractivity contribution in [3.63, 3.8) is 0 Å². The van der Waals surface area contributed by atoms with Gasteiger partial charge < -0.3 is 9.47 Å². The summed E-state index contributed by atoms with van der Waals surface area (Å²) in [5, 5.41) is 0. The quantitative estimate of drug-likeness (QED) is 0.291. The first kappa shape index (κ1) is 28.6. The molecule has 4 aliphatic rings. The van der Waals surface area contributed by atoms with Gasteiger partial charge in [-0.2, -0.15) is 8.42 Å². The van der Waals surface area contributed by atoms with Crippen molar-refractivity contribution in [2.75, 3.05) is 6.61 Å². The first-order chi connectivity index (χ1) is 18.4. The molecule has 39 heavy (non-hydrogen) atoms. The van der Waals surface area contributed by atoms with E-state index in [2.05, 4.69) is 13.8 Å². The van der Waals surface area contributed by atoms with Crippen LogP contribution in [0.2, 0.25) is 0 Å². The Morgan fingerprint density at radius 1 is 0.974 bits per heavy atom. The van der Waals surface area contributed by atoms with E-state index < -0.39 is 27.8 Å². The summed E-state index contributed by atoms with van der Waals surface area (Å²) in [6.07, 6.45) is 5.67. The van der Waals surface area contributed by atoms with Gasteiger partial charge in [0.25, 0.3) is 10.1 Å². The van der Waals surface area contributed by atoms with Crippen LogP contribution in [0.25, 0.3) is 0 Å². The number of ketones is 1. The highest BCUT2D eigenvalue weighted by atomic mass is 32.2. The molecule has 0 aliphatic heterocycles. The van der Waals surface area contributed by atoms with Crippen LogP contribution in [0, 0.1) is 47.3 Å². The zero-order chi connectivity index (χ0) is 28.2. The Kier molecular flexibility index (Phi) is 7.68. The monoisotopic (exact) mass is 560 g/mol. The Morgan fingerprint density at radius 2 is 1.69 bits per heavy atom. The van der Waals surface area contributed by atoms with Crippen molar-refractivity contribution in [2.45, 2.75) is 103 Å². The molecule has 7 nitrogen and oxygen atoms in total. The third kappa shape index (κ3) is 4.94. The van der Waals surface area contributed by atoms with Crippen molar-refractivity contribution in [3.05, 3.63) is 29.8 Å². The second-order valence-corrected chi connectivity index (χ2v) is 14.6.